The van der Waals surface area contributed by atoms with Gasteiger partial charge in [-0.15, -0.1) is 0 Å². The first kappa shape index (κ1) is 19.1. The number of benzene rings is 1. The fraction of sp³-hybridized carbons (Fsp3) is 0.579. The zero-order chi connectivity index (χ0) is 18.6. The Morgan fingerprint density at radius 3 is 2.60 bits per heavy atom. The molecule has 1 atom stereocenters. The Hall–Kier alpha value is -2.24. The van der Waals surface area contributed by atoms with Crippen LogP contribution in [0.5, 0.6) is 5.75 Å². The predicted octanol–water partition coefficient (Wildman–Crippen LogP) is 3.48. The number of esters is 1. The lowest BCUT2D eigenvalue weighted by Crippen LogP contribution is -2.46. The second-order valence-corrected chi connectivity index (χ2v) is 7.06. The van der Waals surface area contributed by atoms with Crippen LogP contribution in [0.1, 0.15) is 51.3 Å². The minimum Gasteiger partial charge on any atom is -0.494 e. The number of rotatable bonds is 4. The summed E-state index contributed by atoms with van der Waals surface area (Å²) in [5.74, 6) is 0.295. The van der Waals surface area contributed by atoms with Crippen LogP contribution >= 0.6 is 0 Å². The molecule has 6 heteroatoms. The van der Waals surface area contributed by atoms with E-state index in [9.17, 15) is 9.59 Å². The number of ether oxygens (including phenoxy) is 3. The summed E-state index contributed by atoms with van der Waals surface area (Å²) in [6, 6.07) is 4.79. The molecule has 0 saturated heterocycles. The summed E-state index contributed by atoms with van der Waals surface area (Å²) in [6.45, 7) is 8.47. The molecule has 1 aliphatic rings. The molecule has 0 aliphatic carbocycles. The lowest BCUT2D eigenvalue weighted by molar-refractivity contribution is -0.147. The van der Waals surface area contributed by atoms with E-state index in [2.05, 4.69) is 0 Å². The molecular formula is C19H27NO5. The number of fused-ring (bicyclic) bond motifs is 1. The molecule has 0 bridgehead atoms. The van der Waals surface area contributed by atoms with Gasteiger partial charge in [0.15, 0.2) is 6.04 Å². The zero-order valence-electron chi connectivity index (χ0n) is 15.6. The van der Waals surface area contributed by atoms with Crippen LogP contribution in [-0.4, -0.2) is 42.8 Å². The largest absolute Gasteiger partial charge is 0.494 e. The highest BCUT2D eigenvalue weighted by Gasteiger charge is 2.38. The van der Waals surface area contributed by atoms with Gasteiger partial charge >= 0.3 is 12.1 Å². The summed E-state index contributed by atoms with van der Waals surface area (Å²) < 4.78 is 16.0. The summed E-state index contributed by atoms with van der Waals surface area (Å²) in [5.41, 5.74) is 1.12. The first-order valence-corrected chi connectivity index (χ1v) is 8.60. The van der Waals surface area contributed by atoms with Crippen molar-refractivity contribution in [3.05, 3.63) is 29.3 Å². The van der Waals surface area contributed by atoms with Gasteiger partial charge in [0, 0.05) is 6.54 Å². The Morgan fingerprint density at radius 2 is 2.00 bits per heavy atom. The van der Waals surface area contributed by atoms with E-state index < -0.39 is 23.7 Å². The smallest absolute Gasteiger partial charge is 0.411 e. The average molecular weight is 349 g/mol. The minimum atomic E-state index is -0.802. The summed E-state index contributed by atoms with van der Waals surface area (Å²) in [6.07, 6.45) is 1.04. The molecule has 1 heterocycles. The molecule has 0 unspecified atom stereocenters. The van der Waals surface area contributed by atoms with E-state index in [0.29, 0.717) is 19.6 Å². The molecular weight excluding hydrogens is 322 g/mol. The van der Waals surface area contributed by atoms with Crippen molar-refractivity contribution in [1.82, 2.24) is 4.90 Å². The molecule has 0 radical (unpaired) electrons. The highest BCUT2D eigenvalue weighted by atomic mass is 16.6. The first-order chi connectivity index (χ1) is 11.8. The number of methoxy groups -OCH3 is 1. The summed E-state index contributed by atoms with van der Waals surface area (Å²) in [5, 5.41) is 0. The zero-order valence-corrected chi connectivity index (χ0v) is 15.6. The first-order valence-electron chi connectivity index (χ1n) is 8.60. The number of hydrogen-bond acceptors (Lipinski definition) is 5. The van der Waals surface area contributed by atoms with Gasteiger partial charge in [-0.05, 0) is 56.9 Å². The van der Waals surface area contributed by atoms with Crippen LogP contribution in [0, 0.1) is 0 Å². The highest BCUT2D eigenvalue weighted by Crippen LogP contribution is 2.34. The molecule has 1 aromatic carbocycles. The molecule has 1 aliphatic heterocycles. The molecule has 25 heavy (non-hydrogen) atoms. The molecule has 0 fully saturated rings. The van der Waals surface area contributed by atoms with Crippen LogP contribution in [0.25, 0.3) is 0 Å². The topological polar surface area (TPSA) is 65.1 Å². The maximum absolute atomic E-state index is 12.5. The van der Waals surface area contributed by atoms with E-state index in [-0.39, 0.29) is 0 Å². The van der Waals surface area contributed by atoms with Crippen molar-refractivity contribution in [2.75, 3.05) is 20.3 Å². The van der Waals surface area contributed by atoms with E-state index in [1.807, 2.05) is 25.1 Å². The van der Waals surface area contributed by atoms with Crippen molar-refractivity contribution < 1.29 is 23.8 Å². The van der Waals surface area contributed by atoms with E-state index in [1.54, 1.807) is 20.8 Å². The second-order valence-electron chi connectivity index (χ2n) is 7.06. The lowest BCUT2D eigenvalue weighted by atomic mass is 9.92. The van der Waals surface area contributed by atoms with Gasteiger partial charge < -0.3 is 14.2 Å². The number of amides is 1. The van der Waals surface area contributed by atoms with Gasteiger partial charge in [-0.25, -0.2) is 9.59 Å². The van der Waals surface area contributed by atoms with Crippen LogP contribution in [0.4, 0.5) is 4.79 Å². The predicted molar refractivity (Wildman–Crippen MR) is 93.6 cm³/mol. The molecule has 0 saturated carbocycles. The van der Waals surface area contributed by atoms with E-state index in [1.165, 1.54) is 12.0 Å². The number of hydrogen-bond donors (Lipinski definition) is 0. The number of nitrogens with zero attached hydrogens (tertiary/aromatic N) is 1. The third kappa shape index (κ3) is 4.65. The Morgan fingerprint density at radius 1 is 1.28 bits per heavy atom. The van der Waals surface area contributed by atoms with Crippen molar-refractivity contribution in [2.24, 2.45) is 0 Å². The van der Waals surface area contributed by atoms with Crippen molar-refractivity contribution in [2.45, 2.75) is 52.2 Å². The lowest BCUT2D eigenvalue weighted by Gasteiger charge is -2.36. The van der Waals surface area contributed by atoms with Gasteiger partial charge in [-0.3, -0.25) is 4.90 Å². The normalized spacial score (nSPS) is 16.8. The highest BCUT2D eigenvalue weighted by molar-refractivity contribution is 5.84. The van der Waals surface area contributed by atoms with E-state index in [0.717, 1.165) is 23.3 Å². The standard InChI is InChI=1S/C19H27NO5/c1-6-11-24-14-7-8-15-13(12-14)9-10-20(16(15)17(21)23-5)18(22)25-19(2,3)4/h7-8,12,16H,6,9-11H2,1-5H3/t16-/m1/s1. The molecule has 1 amide bonds. The number of carbonyl (C=O) groups excluding carboxylic acids is 2. The minimum absolute atomic E-state index is 0.388. The van der Waals surface area contributed by atoms with Crippen LogP contribution in [0.3, 0.4) is 0 Å². The van der Waals surface area contributed by atoms with Crippen molar-refractivity contribution >= 4 is 12.1 Å². The van der Waals surface area contributed by atoms with Crippen molar-refractivity contribution in [1.29, 1.82) is 0 Å². The van der Waals surface area contributed by atoms with Gasteiger partial charge in [0.25, 0.3) is 0 Å². The SMILES string of the molecule is CCCOc1ccc2c(c1)CCN(C(=O)OC(C)(C)C)[C@H]2C(=O)OC. The van der Waals surface area contributed by atoms with Gasteiger partial charge in [0.1, 0.15) is 11.4 Å². The Balaban J connectivity index is 2.32. The van der Waals surface area contributed by atoms with Crippen LogP contribution in [0.2, 0.25) is 0 Å². The van der Waals surface area contributed by atoms with Gasteiger partial charge in [-0.2, -0.15) is 0 Å². The summed E-state index contributed by atoms with van der Waals surface area (Å²) >= 11 is 0. The third-order valence-electron chi connectivity index (χ3n) is 3.87. The number of carbonyl (C=O) groups is 2. The van der Waals surface area contributed by atoms with Crippen LogP contribution in [-0.2, 0) is 20.7 Å². The van der Waals surface area contributed by atoms with Gasteiger partial charge in [0.05, 0.1) is 13.7 Å². The fourth-order valence-corrected chi connectivity index (χ4v) is 2.80. The van der Waals surface area contributed by atoms with Crippen LogP contribution in [0.15, 0.2) is 18.2 Å². The Labute approximate surface area is 149 Å². The maximum Gasteiger partial charge on any atom is 0.411 e. The third-order valence-corrected chi connectivity index (χ3v) is 3.87. The van der Waals surface area contributed by atoms with E-state index >= 15 is 0 Å². The molecule has 2 rings (SSSR count). The second kappa shape index (κ2) is 7.76. The summed E-state index contributed by atoms with van der Waals surface area (Å²) in [7, 11) is 1.32. The van der Waals surface area contributed by atoms with Crippen LogP contribution < -0.4 is 4.74 Å². The molecule has 0 aromatic heterocycles. The maximum atomic E-state index is 12.5. The molecule has 138 valence electrons. The van der Waals surface area contributed by atoms with Gasteiger partial charge in [-0.1, -0.05) is 13.0 Å². The summed E-state index contributed by atoms with van der Waals surface area (Å²) in [4.78, 5) is 26.3. The van der Waals surface area contributed by atoms with E-state index in [4.69, 9.17) is 14.2 Å². The van der Waals surface area contributed by atoms with Crippen molar-refractivity contribution in [3.8, 4) is 5.75 Å². The molecule has 6 nitrogen and oxygen atoms in total. The Bertz CT molecular complexity index is 635. The van der Waals surface area contributed by atoms with Gasteiger partial charge in [0.2, 0.25) is 0 Å². The quantitative estimate of drug-likeness (QED) is 0.779. The molecule has 0 N–H and O–H groups in total. The van der Waals surface area contributed by atoms with Crippen molar-refractivity contribution in [3.63, 3.8) is 0 Å². The monoisotopic (exact) mass is 349 g/mol. The molecule has 0 spiro atoms. The average Bonchev–Trinajstić information content (AvgIpc) is 2.56. The molecule has 1 aromatic rings. The fourth-order valence-electron chi connectivity index (χ4n) is 2.80. The Kier molecular flexibility index (Phi) is 5.93.